The normalized spacial score (nSPS) is 23.9. The van der Waals surface area contributed by atoms with Crippen LogP contribution in [-0.4, -0.2) is 34.0 Å². The van der Waals surface area contributed by atoms with Crippen LogP contribution < -0.4 is 0 Å². The van der Waals surface area contributed by atoms with E-state index >= 15 is 0 Å². The summed E-state index contributed by atoms with van der Waals surface area (Å²) in [6, 6.07) is 0.0900. The van der Waals surface area contributed by atoms with E-state index in [0.29, 0.717) is 18.8 Å². The van der Waals surface area contributed by atoms with Crippen LogP contribution >= 0.6 is 0 Å². The summed E-state index contributed by atoms with van der Waals surface area (Å²) in [5, 5.41) is 9.61. The Balaban J connectivity index is 3.08. The number of amides is 1. The van der Waals surface area contributed by atoms with Gasteiger partial charge >= 0.3 is 5.97 Å². The zero-order chi connectivity index (χ0) is 14.5. The molecule has 0 spiro atoms. The van der Waals surface area contributed by atoms with E-state index in [-0.39, 0.29) is 6.04 Å². The quantitative estimate of drug-likeness (QED) is 0.723. The standard InChI is InChI=1S/C15H27NO3/c1-4-12-9-7-8-10-13(12)16(11-17)15(5-2,6-3)14(18)19/h11-13H,4-10H2,1-3H3,(H,18,19). The monoisotopic (exact) mass is 269 g/mol. The summed E-state index contributed by atoms with van der Waals surface area (Å²) in [6.45, 7) is 5.85. The third-order valence-electron chi connectivity index (χ3n) is 4.93. The Morgan fingerprint density at radius 2 is 1.84 bits per heavy atom. The first-order valence-electron chi connectivity index (χ1n) is 7.54. The van der Waals surface area contributed by atoms with E-state index in [1.807, 2.05) is 13.8 Å². The van der Waals surface area contributed by atoms with Gasteiger partial charge in [0.1, 0.15) is 5.54 Å². The van der Waals surface area contributed by atoms with Crippen molar-refractivity contribution in [1.82, 2.24) is 4.90 Å². The van der Waals surface area contributed by atoms with Gasteiger partial charge in [-0.3, -0.25) is 4.79 Å². The van der Waals surface area contributed by atoms with Crippen molar-refractivity contribution in [1.29, 1.82) is 0 Å². The molecule has 1 fully saturated rings. The number of carbonyl (C=O) groups is 2. The molecule has 1 amide bonds. The minimum Gasteiger partial charge on any atom is -0.479 e. The van der Waals surface area contributed by atoms with Crippen LogP contribution in [0.25, 0.3) is 0 Å². The van der Waals surface area contributed by atoms with E-state index in [1.54, 1.807) is 4.90 Å². The van der Waals surface area contributed by atoms with Crippen LogP contribution in [-0.2, 0) is 9.59 Å². The lowest BCUT2D eigenvalue weighted by Crippen LogP contribution is -2.59. The SMILES string of the molecule is CCC1CCCCC1N(C=O)C(CC)(CC)C(=O)O. The molecule has 1 aliphatic rings. The van der Waals surface area contributed by atoms with Gasteiger partial charge < -0.3 is 10.0 Å². The molecular weight excluding hydrogens is 242 g/mol. The van der Waals surface area contributed by atoms with E-state index in [9.17, 15) is 14.7 Å². The van der Waals surface area contributed by atoms with E-state index < -0.39 is 11.5 Å². The minimum atomic E-state index is -1.03. The molecule has 0 saturated heterocycles. The number of hydrogen-bond donors (Lipinski definition) is 1. The number of hydrogen-bond acceptors (Lipinski definition) is 2. The molecule has 0 aromatic carbocycles. The first-order valence-corrected chi connectivity index (χ1v) is 7.54. The highest BCUT2D eigenvalue weighted by molar-refractivity contribution is 5.81. The molecule has 0 aromatic heterocycles. The van der Waals surface area contributed by atoms with Crippen molar-refractivity contribution in [3.05, 3.63) is 0 Å². The van der Waals surface area contributed by atoms with E-state index in [2.05, 4.69) is 6.92 Å². The molecule has 110 valence electrons. The molecular formula is C15H27NO3. The number of aliphatic carboxylic acids is 1. The number of rotatable bonds is 7. The van der Waals surface area contributed by atoms with Crippen molar-refractivity contribution in [3.8, 4) is 0 Å². The highest BCUT2D eigenvalue weighted by atomic mass is 16.4. The first-order chi connectivity index (χ1) is 9.07. The van der Waals surface area contributed by atoms with Gasteiger partial charge in [0.2, 0.25) is 6.41 Å². The van der Waals surface area contributed by atoms with Gasteiger partial charge in [-0.1, -0.05) is 40.0 Å². The Morgan fingerprint density at radius 3 is 2.26 bits per heavy atom. The van der Waals surface area contributed by atoms with Crippen LogP contribution in [0.3, 0.4) is 0 Å². The predicted molar refractivity (Wildman–Crippen MR) is 74.9 cm³/mol. The summed E-state index contributed by atoms with van der Waals surface area (Å²) >= 11 is 0. The van der Waals surface area contributed by atoms with Crippen LogP contribution in [0.4, 0.5) is 0 Å². The highest BCUT2D eigenvalue weighted by Crippen LogP contribution is 2.36. The van der Waals surface area contributed by atoms with E-state index in [1.165, 1.54) is 6.42 Å². The summed E-state index contributed by atoms with van der Waals surface area (Å²) in [7, 11) is 0. The highest BCUT2D eigenvalue weighted by Gasteiger charge is 2.45. The average molecular weight is 269 g/mol. The maximum absolute atomic E-state index is 11.7. The Hall–Kier alpha value is -1.06. The second-order valence-corrected chi connectivity index (χ2v) is 5.58. The summed E-state index contributed by atoms with van der Waals surface area (Å²) in [5.41, 5.74) is -1.03. The Bertz CT molecular complexity index is 313. The summed E-state index contributed by atoms with van der Waals surface area (Å²) < 4.78 is 0. The lowest BCUT2D eigenvalue weighted by Gasteiger charge is -2.46. The molecule has 1 N–H and O–H groups in total. The third kappa shape index (κ3) is 2.93. The number of carbonyl (C=O) groups excluding carboxylic acids is 1. The van der Waals surface area contributed by atoms with E-state index in [0.717, 1.165) is 32.1 Å². The van der Waals surface area contributed by atoms with Gasteiger partial charge in [-0.25, -0.2) is 4.79 Å². The molecule has 2 unspecified atom stereocenters. The average Bonchev–Trinajstić information content (AvgIpc) is 2.44. The maximum atomic E-state index is 11.7. The van der Waals surface area contributed by atoms with Crippen LogP contribution in [0.15, 0.2) is 0 Å². The first kappa shape index (κ1) is 16.0. The van der Waals surface area contributed by atoms with Crippen molar-refractivity contribution in [3.63, 3.8) is 0 Å². The smallest absolute Gasteiger partial charge is 0.329 e. The van der Waals surface area contributed by atoms with E-state index in [4.69, 9.17) is 0 Å². The largest absolute Gasteiger partial charge is 0.479 e. The zero-order valence-corrected chi connectivity index (χ0v) is 12.4. The van der Waals surface area contributed by atoms with Gasteiger partial charge in [0.15, 0.2) is 0 Å². The number of carboxylic acid groups (broad SMARTS) is 1. The van der Waals surface area contributed by atoms with Crippen molar-refractivity contribution in [2.45, 2.75) is 77.3 Å². The van der Waals surface area contributed by atoms with Gasteiger partial charge in [-0.15, -0.1) is 0 Å². The lowest BCUT2D eigenvalue weighted by molar-refractivity contribution is -0.160. The molecule has 1 rings (SSSR count). The summed E-state index contributed by atoms with van der Waals surface area (Å²) in [5.74, 6) is -0.430. The fourth-order valence-electron chi connectivity index (χ4n) is 3.56. The van der Waals surface area contributed by atoms with Crippen molar-refractivity contribution < 1.29 is 14.7 Å². The molecule has 4 heteroatoms. The molecule has 1 aliphatic carbocycles. The van der Waals surface area contributed by atoms with Crippen LogP contribution in [0.1, 0.15) is 65.7 Å². The second-order valence-electron chi connectivity index (χ2n) is 5.58. The summed E-state index contributed by atoms with van der Waals surface area (Å²) in [6.07, 6.45) is 7.04. The lowest BCUT2D eigenvalue weighted by atomic mass is 9.78. The second kappa shape index (κ2) is 6.92. The zero-order valence-electron chi connectivity index (χ0n) is 12.4. The van der Waals surface area contributed by atoms with Crippen molar-refractivity contribution in [2.75, 3.05) is 0 Å². The molecule has 0 aliphatic heterocycles. The molecule has 19 heavy (non-hydrogen) atoms. The molecule has 0 heterocycles. The Kier molecular flexibility index (Phi) is 5.83. The molecule has 1 saturated carbocycles. The maximum Gasteiger partial charge on any atom is 0.329 e. The van der Waals surface area contributed by atoms with Gasteiger partial charge in [0.05, 0.1) is 0 Å². The Labute approximate surface area is 116 Å². The van der Waals surface area contributed by atoms with Crippen LogP contribution in [0.2, 0.25) is 0 Å². The van der Waals surface area contributed by atoms with Crippen molar-refractivity contribution in [2.24, 2.45) is 5.92 Å². The van der Waals surface area contributed by atoms with Crippen LogP contribution in [0, 0.1) is 5.92 Å². The predicted octanol–water partition coefficient (Wildman–Crippen LogP) is 3.06. The van der Waals surface area contributed by atoms with Gasteiger partial charge in [0.25, 0.3) is 0 Å². The third-order valence-corrected chi connectivity index (χ3v) is 4.93. The fourth-order valence-corrected chi connectivity index (χ4v) is 3.56. The minimum absolute atomic E-state index is 0.0900. The van der Waals surface area contributed by atoms with Gasteiger partial charge in [-0.05, 0) is 31.6 Å². The van der Waals surface area contributed by atoms with Crippen LogP contribution in [0.5, 0.6) is 0 Å². The molecule has 2 atom stereocenters. The van der Waals surface area contributed by atoms with Gasteiger partial charge in [0, 0.05) is 6.04 Å². The molecule has 0 radical (unpaired) electrons. The fraction of sp³-hybridized carbons (Fsp3) is 0.867. The topological polar surface area (TPSA) is 57.6 Å². The number of nitrogens with zero attached hydrogens (tertiary/aromatic N) is 1. The molecule has 0 bridgehead atoms. The van der Waals surface area contributed by atoms with Gasteiger partial charge in [-0.2, -0.15) is 0 Å². The van der Waals surface area contributed by atoms with Crippen molar-refractivity contribution >= 4 is 12.4 Å². The number of carboxylic acids is 1. The molecule has 4 nitrogen and oxygen atoms in total. The summed E-state index contributed by atoms with van der Waals surface area (Å²) in [4.78, 5) is 24.9. The molecule has 0 aromatic rings. The Morgan fingerprint density at radius 1 is 1.26 bits per heavy atom.